The number of amidine groups is 1. The van der Waals surface area contributed by atoms with Crippen LogP contribution in [0, 0.1) is 5.41 Å². The number of para-hydroxylation sites is 1. The Morgan fingerprint density at radius 2 is 1.95 bits per heavy atom. The van der Waals surface area contributed by atoms with Crippen molar-refractivity contribution in [3.8, 4) is 0 Å². The lowest BCUT2D eigenvalue weighted by Crippen LogP contribution is -2.48. The van der Waals surface area contributed by atoms with E-state index in [4.69, 9.17) is 10.9 Å². The third-order valence-electron chi connectivity index (χ3n) is 3.86. The molecule has 1 fully saturated rings. The Morgan fingerprint density at radius 1 is 1.30 bits per heavy atom. The van der Waals surface area contributed by atoms with Crippen molar-refractivity contribution in [1.82, 2.24) is 0 Å². The van der Waals surface area contributed by atoms with Crippen LogP contribution in [0.5, 0.6) is 0 Å². The molecule has 20 heavy (non-hydrogen) atoms. The monoisotopic (exact) mass is 339 g/mol. The lowest BCUT2D eigenvalue weighted by molar-refractivity contribution is -0.123. The molecule has 1 aliphatic carbocycles. The van der Waals surface area contributed by atoms with Gasteiger partial charge in [-0.05, 0) is 40.9 Å². The molecule has 0 aromatic heterocycles. The smallest absolute Gasteiger partial charge is 0.238 e. The number of hydrogen-bond acceptors (Lipinski definition) is 3. The number of halogens is 1. The number of benzene rings is 1. The zero-order valence-corrected chi connectivity index (χ0v) is 12.7. The van der Waals surface area contributed by atoms with Crippen LogP contribution in [0.25, 0.3) is 0 Å². The molecule has 5 nitrogen and oxygen atoms in total. The minimum Gasteiger partial charge on any atom is -0.409 e. The molecule has 0 unspecified atom stereocenters. The SMILES string of the molecule is NC(=NO)C1(C(=O)Nc2ccccc2Br)CCCCC1. The van der Waals surface area contributed by atoms with Crippen LogP contribution in [0.2, 0.25) is 0 Å². The molecule has 1 saturated carbocycles. The summed E-state index contributed by atoms with van der Waals surface area (Å²) >= 11 is 3.39. The Labute approximate surface area is 126 Å². The molecule has 1 aromatic rings. The Hall–Kier alpha value is -1.56. The molecular formula is C14H18BrN3O2. The minimum absolute atomic E-state index is 0.00162. The Balaban J connectivity index is 2.26. The molecule has 2 rings (SSSR count). The van der Waals surface area contributed by atoms with Gasteiger partial charge in [0, 0.05) is 4.47 Å². The third kappa shape index (κ3) is 2.80. The van der Waals surface area contributed by atoms with Crippen molar-refractivity contribution < 1.29 is 10.0 Å². The molecule has 0 spiro atoms. The molecule has 0 bridgehead atoms. The zero-order valence-electron chi connectivity index (χ0n) is 11.1. The first kappa shape index (κ1) is 14.8. The van der Waals surface area contributed by atoms with Gasteiger partial charge in [0.15, 0.2) is 5.84 Å². The van der Waals surface area contributed by atoms with Crippen LogP contribution in [-0.2, 0) is 4.79 Å². The van der Waals surface area contributed by atoms with E-state index in [1.54, 1.807) is 0 Å². The summed E-state index contributed by atoms with van der Waals surface area (Å²) in [7, 11) is 0. The summed E-state index contributed by atoms with van der Waals surface area (Å²) in [5.41, 5.74) is 5.59. The Kier molecular flexibility index (Phi) is 4.65. The summed E-state index contributed by atoms with van der Waals surface area (Å²) < 4.78 is 0.804. The fourth-order valence-corrected chi connectivity index (χ4v) is 3.04. The van der Waals surface area contributed by atoms with E-state index in [-0.39, 0.29) is 11.7 Å². The van der Waals surface area contributed by atoms with Crippen LogP contribution >= 0.6 is 15.9 Å². The van der Waals surface area contributed by atoms with E-state index >= 15 is 0 Å². The maximum atomic E-state index is 12.6. The van der Waals surface area contributed by atoms with Gasteiger partial charge < -0.3 is 16.3 Å². The van der Waals surface area contributed by atoms with Crippen molar-refractivity contribution in [2.75, 3.05) is 5.32 Å². The lowest BCUT2D eigenvalue weighted by Gasteiger charge is -2.34. The van der Waals surface area contributed by atoms with E-state index in [0.29, 0.717) is 18.5 Å². The van der Waals surface area contributed by atoms with E-state index in [1.165, 1.54) is 0 Å². The largest absolute Gasteiger partial charge is 0.409 e. The number of carbonyl (C=O) groups excluding carboxylic acids is 1. The van der Waals surface area contributed by atoms with E-state index in [2.05, 4.69) is 26.4 Å². The minimum atomic E-state index is -0.901. The highest BCUT2D eigenvalue weighted by atomic mass is 79.9. The first-order chi connectivity index (χ1) is 9.60. The number of hydrogen-bond donors (Lipinski definition) is 3. The number of carbonyl (C=O) groups is 1. The normalized spacial score (nSPS) is 18.6. The number of nitrogens with two attached hydrogens (primary N) is 1. The fraction of sp³-hybridized carbons (Fsp3) is 0.429. The summed E-state index contributed by atoms with van der Waals surface area (Å²) in [5.74, 6) is -0.207. The highest BCUT2D eigenvalue weighted by Crippen LogP contribution is 2.38. The maximum absolute atomic E-state index is 12.6. The average Bonchev–Trinajstić information content (AvgIpc) is 2.49. The Morgan fingerprint density at radius 3 is 2.55 bits per heavy atom. The van der Waals surface area contributed by atoms with Gasteiger partial charge in [-0.2, -0.15) is 0 Å². The van der Waals surface area contributed by atoms with Crippen LogP contribution in [0.15, 0.2) is 33.9 Å². The van der Waals surface area contributed by atoms with Crippen LogP contribution in [-0.4, -0.2) is 17.0 Å². The van der Waals surface area contributed by atoms with Gasteiger partial charge in [0.1, 0.15) is 5.41 Å². The molecule has 1 aliphatic rings. The van der Waals surface area contributed by atoms with Crippen molar-refractivity contribution in [3.63, 3.8) is 0 Å². The van der Waals surface area contributed by atoms with Crippen molar-refractivity contribution in [2.45, 2.75) is 32.1 Å². The predicted molar refractivity (Wildman–Crippen MR) is 81.7 cm³/mol. The zero-order chi connectivity index (χ0) is 14.6. The molecule has 0 heterocycles. The van der Waals surface area contributed by atoms with Crippen LogP contribution in [0.3, 0.4) is 0 Å². The van der Waals surface area contributed by atoms with E-state index < -0.39 is 5.41 Å². The lowest BCUT2D eigenvalue weighted by atomic mass is 9.72. The molecule has 0 aliphatic heterocycles. The van der Waals surface area contributed by atoms with Gasteiger partial charge in [-0.25, -0.2) is 0 Å². The van der Waals surface area contributed by atoms with Crippen LogP contribution in [0.4, 0.5) is 5.69 Å². The summed E-state index contributed by atoms with van der Waals surface area (Å²) in [6.45, 7) is 0. The van der Waals surface area contributed by atoms with E-state index in [0.717, 1.165) is 23.7 Å². The number of anilines is 1. The van der Waals surface area contributed by atoms with Gasteiger partial charge in [-0.15, -0.1) is 0 Å². The number of nitrogens with zero attached hydrogens (tertiary/aromatic N) is 1. The second-order valence-corrected chi connectivity index (χ2v) is 5.92. The van der Waals surface area contributed by atoms with Crippen molar-refractivity contribution in [3.05, 3.63) is 28.7 Å². The number of oxime groups is 1. The number of rotatable bonds is 3. The molecule has 108 valence electrons. The van der Waals surface area contributed by atoms with Crippen molar-refractivity contribution in [1.29, 1.82) is 0 Å². The highest BCUT2D eigenvalue weighted by Gasteiger charge is 2.44. The highest BCUT2D eigenvalue weighted by molar-refractivity contribution is 9.10. The predicted octanol–water partition coefficient (Wildman–Crippen LogP) is 3.08. The maximum Gasteiger partial charge on any atom is 0.238 e. The number of nitrogens with one attached hydrogen (secondary N) is 1. The summed E-state index contributed by atoms with van der Waals surface area (Å²) in [4.78, 5) is 12.6. The first-order valence-electron chi connectivity index (χ1n) is 6.64. The third-order valence-corrected chi connectivity index (χ3v) is 4.55. The molecule has 0 atom stereocenters. The molecule has 0 radical (unpaired) electrons. The summed E-state index contributed by atoms with van der Waals surface area (Å²) in [6, 6.07) is 7.38. The summed E-state index contributed by atoms with van der Waals surface area (Å²) in [6.07, 6.45) is 4.10. The van der Waals surface area contributed by atoms with Crippen molar-refractivity contribution in [2.24, 2.45) is 16.3 Å². The number of amides is 1. The quantitative estimate of drug-likeness (QED) is 0.342. The van der Waals surface area contributed by atoms with Gasteiger partial charge in [0.25, 0.3) is 0 Å². The average molecular weight is 340 g/mol. The van der Waals surface area contributed by atoms with Gasteiger partial charge in [0.2, 0.25) is 5.91 Å². The van der Waals surface area contributed by atoms with Crippen LogP contribution in [0.1, 0.15) is 32.1 Å². The summed E-state index contributed by atoms with van der Waals surface area (Å²) in [5, 5.41) is 15.0. The van der Waals surface area contributed by atoms with Crippen LogP contribution < -0.4 is 11.1 Å². The molecule has 0 saturated heterocycles. The molecule has 1 aromatic carbocycles. The molecule has 4 N–H and O–H groups in total. The first-order valence-corrected chi connectivity index (χ1v) is 7.43. The topological polar surface area (TPSA) is 87.7 Å². The Bertz CT molecular complexity index is 525. The fourth-order valence-electron chi connectivity index (χ4n) is 2.66. The molecular weight excluding hydrogens is 322 g/mol. The standard InChI is InChI=1S/C14H18BrN3O2/c15-10-6-2-3-7-11(10)17-13(19)14(12(16)18-20)8-4-1-5-9-14/h2-3,6-7,20H,1,4-5,8-9H2,(H2,16,18)(H,17,19). The van der Waals surface area contributed by atoms with Gasteiger partial charge in [-0.1, -0.05) is 36.6 Å². The van der Waals surface area contributed by atoms with Gasteiger partial charge in [0.05, 0.1) is 5.69 Å². The second kappa shape index (κ2) is 6.26. The van der Waals surface area contributed by atoms with Gasteiger partial charge in [-0.3, -0.25) is 4.79 Å². The van der Waals surface area contributed by atoms with Crippen molar-refractivity contribution >= 4 is 33.4 Å². The van der Waals surface area contributed by atoms with Gasteiger partial charge >= 0.3 is 0 Å². The van der Waals surface area contributed by atoms with E-state index in [1.807, 2.05) is 24.3 Å². The molecule has 1 amide bonds. The second-order valence-electron chi connectivity index (χ2n) is 5.06. The van der Waals surface area contributed by atoms with E-state index in [9.17, 15) is 4.79 Å². The molecule has 6 heteroatoms.